The van der Waals surface area contributed by atoms with Crippen molar-refractivity contribution in [2.24, 2.45) is 0 Å². The third-order valence-corrected chi connectivity index (χ3v) is 15.5. The van der Waals surface area contributed by atoms with Gasteiger partial charge in [-0.1, -0.05) is 94.3 Å². The molecule has 0 bridgehead atoms. The van der Waals surface area contributed by atoms with E-state index in [0.717, 1.165) is 69.5 Å². The minimum absolute atomic E-state index is 0.00720. The van der Waals surface area contributed by atoms with E-state index in [1.807, 2.05) is 30.3 Å². The van der Waals surface area contributed by atoms with Crippen molar-refractivity contribution in [3.63, 3.8) is 0 Å². The number of hydrogen-bond donors (Lipinski definition) is 7. The lowest BCUT2D eigenvalue weighted by atomic mass is 9.81. The number of carboxylic acid groups (broad SMARTS) is 3. The van der Waals surface area contributed by atoms with Crippen LogP contribution in [0.1, 0.15) is 142 Å². The molecule has 2 aliphatic heterocycles. The maximum absolute atomic E-state index is 12.8. The van der Waals surface area contributed by atoms with Gasteiger partial charge in [0.15, 0.2) is 5.71 Å². The normalized spacial score (nSPS) is 16.4. The Labute approximate surface area is 512 Å². The summed E-state index contributed by atoms with van der Waals surface area (Å²) in [6.07, 6.45) is 18.5. The lowest BCUT2D eigenvalue weighted by molar-refractivity contribution is -0.438. The second-order valence-electron chi connectivity index (χ2n) is 22.6. The summed E-state index contributed by atoms with van der Waals surface area (Å²) < 4.78 is 45.7. The quantitative estimate of drug-likeness (QED) is 0.0213. The first kappa shape index (κ1) is 69.8. The molecule has 6 rings (SSSR count). The molecular weight excluding hydrogens is 1140 g/mol. The first-order valence-corrected chi connectivity index (χ1v) is 31.0. The van der Waals surface area contributed by atoms with E-state index >= 15 is 0 Å². The number of rotatable bonds is 35. The van der Waals surface area contributed by atoms with Crippen molar-refractivity contribution in [1.29, 1.82) is 0 Å². The predicted molar refractivity (Wildman–Crippen MR) is 330 cm³/mol. The lowest BCUT2D eigenvalue weighted by Crippen LogP contribution is -2.51. The molecule has 87 heavy (non-hydrogen) atoms. The molecule has 0 aromatic heterocycles. The van der Waals surface area contributed by atoms with Crippen LogP contribution in [0.3, 0.4) is 0 Å². The molecule has 0 saturated heterocycles. The number of carbonyl (C=O) groups is 6. The van der Waals surface area contributed by atoms with E-state index < -0.39 is 53.1 Å². The first-order chi connectivity index (χ1) is 41.6. The number of carboxylic acids is 3. The Bertz CT molecular complexity index is 3110. The number of unbranched alkanes of at least 4 members (excludes halogenated alkanes) is 5. The van der Waals surface area contributed by atoms with Crippen molar-refractivity contribution < 1.29 is 75.5 Å². The number of ether oxygens (including phenoxy) is 3. The SMILES string of the molecule is CCCCC[N+]1=C(C=CC2=C(Oc3ccccc3)C(=CC=C3N(CCCCCC(=O)NCCOCCOCC(=O)NCCCCC(NC(=O)NC(CCC(=O)O)C(=O)O)C(=O)O)c4ccccc4C3(C)C)CCC2)C(C)(C)c2ccccc21.O=S(=O)=O. The first-order valence-electron chi connectivity index (χ1n) is 30.0. The molecule has 0 saturated carbocycles. The van der Waals surface area contributed by atoms with Gasteiger partial charge in [0.25, 0.3) is 0 Å². The highest BCUT2D eigenvalue weighted by molar-refractivity contribution is 7.59. The number of benzene rings is 3. The molecule has 2 atom stereocenters. The molecule has 3 aromatic carbocycles. The molecule has 21 nitrogen and oxygen atoms in total. The van der Waals surface area contributed by atoms with Gasteiger partial charge >= 0.3 is 34.5 Å². The van der Waals surface area contributed by atoms with Gasteiger partial charge in [0.05, 0.1) is 25.2 Å². The average Bonchev–Trinajstić information content (AvgIpc) is 1.72. The van der Waals surface area contributed by atoms with Gasteiger partial charge in [0.1, 0.15) is 36.7 Å². The number of urea groups is 1. The van der Waals surface area contributed by atoms with Crippen molar-refractivity contribution in [1.82, 2.24) is 21.3 Å². The number of allylic oxidation sites excluding steroid dienone is 7. The average molecular weight is 1220 g/mol. The fourth-order valence-corrected chi connectivity index (χ4v) is 11.0. The van der Waals surface area contributed by atoms with Gasteiger partial charge < -0.3 is 55.7 Å². The summed E-state index contributed by atoms with van der Waals surface area (Å²) in [5.41, 5.74) is 9.72. The summed E-state index contributed by atoms with van der Waals surface area (Å²) in [5, 5.41) is 37.4. The third kappa shape index (κ3) is 22.1. The smallest absolute Gasteiger partial charge is 0.425 e. The van der Waals surface area contributed by atoms with Crippen LogP contribution in [-0.2, 0) is 54.9 Å². The number of anilines is 1. The van der Waals surface area contributed by atoms with E-state index in [0.29, 0.717) is 25.8 Å². The van der Waals surface area contributed by atoms with Crippen molar-refractivity contribution in [2.75, 3.05) is 57.5 Å². The summed E-state index contributed by atoms with van der Waals surface area (Å²) in [6.45, 7) is 14.4. The van der Waals surface area contributed by atoms with Gasteiger partial charge in [-0.3, -0.25) is 14.4 Å². The van der Waals surface area contributed by atoms with Crippen LogP contribution in [0.25, 0.3) is 0 Å². The Morgan fingerprint density at radius 1 is 0.667 bits per heavy atom. The second kappa shape index (κ2) is 35.6. The van der Waals surface area contributed by atoms with Crippen LogP contribution in [0, 0.1) is 0 Å². The van der Waals surface area contributed by atoms with Gasteiger partial charge in [-0.15, -0.1) is 12.6 Å². The van der Waals surface area contributed by atoms with Crippen molar-refractivity contribution in [2.45, 2.75) is 154 Å². The lowest BCUT2D eigenvalue weighted by Gasteiger charge is -2.27. The molecule has 0 fully saturated rings. The highest BCUT2D eigenvalue weighted by Gasteiger charge is 2.44. The van der Waals surface area contributed by atoms with Crippen LogP contribution in [0.2, 0.25) is 0 Å². The maximum Gasteiger partial charge on any atom is 0.425 e. The Kier molecular flexibility index (Phi) is 28.6. The van der Waals surface area contributed by atoms with Gasteiger partial charge in [0.2, 0.25) is 17.5 Å². The number of amides is 4. The van der Waals surface area contributed by atoms with Crippen LogP contribution < -0.4 is 30.9 Å². The maximum atomic E-state index is 12.8. The van der Waals surface area contributed by atoms with E-state index in [9.17, 15) is 39.0 Å². The molecule has 2 heterocycles. The third-order valence-electron chi connectivity index (χ3n) is 15.5. The van der Waals surface area contributed by atoms with E-state index in [2.05, 4.69) is 138 Å². The number of hydrogen-bond acceptors (Lipinski definition) is 13. The van der Waals surface area contributed by atoms with E-state index in [-0.39, 0.29) is 68.5 Å². The molecule has 4 amide bonds. The Morgan fingerprint density at radius 2 is 1.32 bits per heavy atom. The van der Waals surface area contributed by atoms with E-state index in [1.165, 1.54) is 57.9 Å². The minimum Gasteiger partial charge on any atom is -0.481 e. The largest absolute Gasteiger partial charge is 0.481 e. The van der Waals surface area contributed by atoms with Crippen LogP contribution >= 0.6 is 0 Å². The monoisotopic (exact) mass is 1220 g/mol. The van der Waals surface area contributed by atoms with E-state index in [1.54, 1.807) is 0 Å². The molecule has 3 aromatic rings. The van der Waals surface area contributed by atoms with Crippen LogP contribution in [0.4, 0.5) is 16.2 Å². The second-order valence-corrected chi connectivity index (χ2v) is 23.0. The van der Waals surface area contributed by atoms with Crippen molar-refractivity contribution in [3.05, 3.63) is 137 Å². The molecule has 2 unspecified atom stereocenters. The summed E-state index contributed by atoms with van der Waals surface area (Å²) in [4.78, 5) is 73.4. The number of para-hydroxylation sites is 3. The molecule has 3 aliphatic rings. The molecule has 7 N–H and O–H groups in total. The summed E-state index contributed by atoms with van der Waals surface area (Å²) in [7, 11) is -3.11. The summed E-state index contributed by atoms with van der Waals surface area (Å²) >= 11 is 0. The summed E-state index contributed by atoms with van der Waals surface area (Å²) in [6, 6.07) is 23.8. The van der Waals surface area contributed by atoms with Crippen molar-refractivity contribution >= 4 is 63.4 Å². The van der Waals surface area contributed by atoms with Gasteiger partial charge in [-0.05, 0) is 125 Å². The molecule has 0 spiro atoms. The number of carbonyl (C=O) groups excluding carboxylic acids is 3. The predicted octanol–water partition coefficient (Wildman–Crippen LogP) is 9.00. The van der Waals surface area contributed by atoms with Gasteiger partial charge in [-0.25, -0.2) is 14.4 Å². The zero-order valence-corrected chi connectivity index (χ0v) is 51.6. The van der Waals surface area contributed by atoms with Crippen LogP contribution in [0.15, 0.2) is 126 Å². The summed E-state index contributed by atoms with van der Waals surface area (Å²) in [5.74, 6) is -2.68. The Hall–Kier alpha value is -7.95. The van der Waals surface area contributed by atoms with Crippen LogP contribution in [0.5, 0.6) is 5.75 Å². The molecule has 472 valence electrons. The number of fused-ring (bicyclic) bond motifs is 2. The molecular formula is C65H87N6O15S+. The molecule has 22 heteroatoms. The highest BCUT2D eigenvalue weighted by atomic mass is 32.2. The van der Waals surface area contributed by atoms with E-state index in [4.69, 9.17) is 31.9 Å². The minimum atomic E-state index is -3.11. The zero-order valence-electron chi connectivity index (χ0n) is 50.8. The topological polar surface area (TPSA) is 296 Å². The molecule has 1 aliphatic carbocycles. The molecule has 0 radical (unpaired) electrons. The van der Waals surface area contributed by atoms with Crippen molar-refractivity contribution in [3.8, 4) is 5.75 Å². The van der Waals surface area contributed by atoms with Gasteiger partial charge in [0, 0.05) is 73.4 Å². The standard InChI is InChI=1S/C65H86N6O12.O3S/c1-6-7-19-40-70-53-29-15-13-26-49(53)64(2,3)55(70)35-32-46-22-21-23-47(60(46)83-48-24-10-8-11-25-48)33-36-56-65(4,5)50-27-14-16-30-54(50)71(56)41-20-9-12-31-57(72)67-39-42-81-43-44-82-45-58(73)66-38-18-17-28-51(61(76)77)68-63(80)69-52(62(78)79)34-37-59(74)75;1-4(2)3/h8,10-11,13-16,24-27,29-30,32-33,35-36,51-52H,6-7,9,12,17-23,28,31,34,37-45H2,1-5H3,(H6-,66,67,68,69,72,73,74,75,76,77,78,79,80);/p+1. The zero-order chi connectivity index (χ0) is 63.4. The number of nitrogens with zero attached hydrogens (tertiary/aromatic N) is 2. The Balaban J connectivity index is 0.00000334. The van der Waals surface area contributed by atoms with Crippen LogP contribution in [-0.4, -0.2) is 139 Å². The van der Waals surface area contributed by atoms with Gasteiger partial charge in [-0.2, -0.15) is 4.58 Å². The highest BCUT2D eigenvalue weighted by Crippen LogP contribution is 2.48. The Morgan fingerprint density at radius 3 is 2.02 bits per heavy atom. The number of aliphatic carboxylic acids is 3. The fraction of sp³-hybridized carbons (Fsp3) is 0.492. The fourth-order valence-electron chi connectivity index (χ4n) is 11.0. The number of nitrogens with one attached hydrogen (secondary N) is 4.